The third-order valence-corrected chi connectivity index (χ3v) is 6.78. The van der Waals surface area contributed by atoms with Gasteiger partial charge in [0.05, 0.1) is 22.5 Å². The third-order valence-electron chi connectivity index (χ3n) is 4.92. The molecule has 1 N–H and O–H groups in total. The van der Waals surface area contributed by atoms with Gasteiger partial charge in [-0.3, -0.25) is 4.79 Å². The molecule has 0 bridgehead atoms. The molecule has 3 aromatic rings. The third kappa shape index (κ3) is 3.82. The number of likely N-dealkylation sites (tertiary alicyclic amines) is 1. The zero-order valence-corrected chi connectivity index (χ0v) is 17.4. The number of aryl methyl sites for hydroxylation is 1. The Balaban J connectivity index is 1.54. The second-order valence-corrected chi connectivity index (χ2v) is 9.93. The first-order valence-electron chi connectivity index (χ1n) is 9.13. The van der Waals surface area contributed by atoms with Crippen molar-refractivity contribution in [2.75, 3.05) is 19.3 Å². The molecule has 1 fully saturated rings. The number of para-hydroxylation sites is 1. The maximum absolute atomic E-state index is 13.0. The van der Waals surface area contributed by atoms with Gasteiger partial charge in [-0.1, -0.05) is 18.2 Å². The van der Waals surface area contributed by atoms with E-state index in [0.29, 0.717) is 30.8 Å². The highest BCUT2D eigenvalue weighted by Crippen LogP contribution is 2.31. The minimum Gasteiger partial charge on any atom is -0.338 e. The van der Waals surface area contributed by atoms with Crippen LogP contribution in [0.2, 0.25) is 0 Å². The number of benzene rings is 1. The molecule has 4 rings (SSSR count). The lowest BCUT2D eigenvalue weighted by molar-refractivity contribution is 0.0716. The summed E-state index contributed by atoms with van der Waals surface area (Å²) in [6.07, 6.45) is 2.42. The average Bonchev–Trinajstić information content (AvgIpc) is 3.22. The number of hydrogen-bond acceptors (Lipinski definition) is 5. The summed E-state index contributed by atoms with van der Waals surface area (Å²) in [7, 11) is -3.22. The van der Waals surface area contributed by atoms with Crippen LogP contribution in [0.25, 0.3) is 15.9 Å². The van der Waals surface area contributed by atoms with Crippen LogP contribution in [0, 0.1) is 6.92 Å². The molecule has 0 atom stereocenters. The van der Waals surface area contributed by atoms with Crippen LogP contribution in [0.3, 0.4) is 0 Å². The van der Waals surface area contributed by atoms with Crippen LogP contribution in [0.15, 0.2) is 36.4 Å². The van der Waals surface area contributed by atoms with Crippen LogP contribution in [0.4, 0.5) is 0 Å². The average molecular weight is 419 g/mol. The summed E-state index contributed by atoms with van der Waals surface area (Å²) in [5.41, 5.74) is 1.86. The van der Waals surface area contributed by atoms with Gasteiger partial charge in [0.1, 0.15) is 4.83 Å². The summed E-state index contributed by atoms with van der Waals surface area (Å²) in [6, 6.07) is 11.7. The van der Waals surface area contributed by atoms with E-state index in [-0.39, 0.29) is 11.9 Å². The molecule has 148 valence electrons. The molecule has 2 aromatic heterocycles. The first-order valence-corrected chi connectivity index (χ1v) is 11.8. The van der Waals surface area contributed by atoms with Crippen molar-refractivity contribution in [2.45, 2.75) is 25.8 Å². The van der Waals surface area contributed by atoms with Crippen molar-refractivity contribution in [1.82, 2.24) is 19.4 Å². The van der Waals surface area contributed by atoms with Crippen molar-refractivity contribution in [3.8, 4) is 5.69 Å². The molecular weight excluding hydrogens is 396 g/mol. The second kappa shape index (κ2) is 7.31. The minimum absolute atomic E-state index is 0.00184. The molecule has 0 unspecified atom stereocenters. The van der Waals surface area contributed by atoms with Crippen molar-refractivity contribution in [3.63, 3.8) is 0 Å². The number of carbonyl (C=O) groups is 1. The number of nitrogens with one attached hydrogen (secondary N) is 1. The highest BCUT2D eigenvalue weighted by Gasteiger charge is 2.27. The first kappa shape index (κ1) is 19.1. The van der Waals surface area contributed by atoms with Crippen molar-refractivity contribution in [1.29, 1.82) is 0 Å². The van der Waals surface area contributed by atoms with Crippen LogP contribution < -0.4 is 4.72 Å². The van der Waals surface area contributed by atoms with Crippen LogP contribution in [0.5, 0.6) is 0 Å². The lowest BCUT2D eigenvalue weighted by Gasteiger charge is -2.31. The van der Waals surface area contributed by atoms with Gasteiger partial charge in [-0.25, -0.2) is 17.8 Å². The van der Waals surface area contributed by atoms with Gasteiger partial charge < -0.3 is 4.90 Å². The quantitative estimate of drug-likeness (QED) is 0.706. The smallest absolute Gasteiger partial charge is 0.264 e. The lowest BCUT2D eigenvalue weighted by atomic mass is 10.1. The Morgan fingerprint density at radius 3 is 2.54 bits per heavy atom. The predicted octanol–water partition coefficient (Wildman–Crippen LogP) is 2.55. The minimum atomic E-state index is -3.22. The number of fused-ring (bicyclic) bond motifs is 1. The van der Waals surface area contributed by atoms with Gasteiger partial charge in [0.2, 0.25) is 10.0 Å². The summed E-state index contributed by atoms with van der Waals surface area (Å²) in [5, 5.41) is 5.61. The number of aromatic nitrogens is 2. The molecule has 7 nitrogen and oxygen atoms in total. The summed E-state index contributed by atoms with van der Waals surface area (Å²) in [5.74, 6) is -0.00184. The van der Waals surface area contributed by atoms with E-state index in [0.717, 1.165) is 21.6 Å². The van der Waals surface area contributed by atoms with Crippen molar-refractivity contribution in [2.24, 2.45) is 0 Å². The zero-order chi connectivity index (χ0) is 19.9. The fourth-order valence-corrected chi connectivity index (χ4v) is 5.55. The topological polar surface area (TPSA) is 84.3 Å². The number of amides is 1. The van der Waals surface area contributed by atoms with E-state index in [1.807, 2.05) is 48.0 Å². The number of nitrogens with zero attached hydrogens (tertiary/aromatic N) is 3. The van der Waals surface area contributed by atoms with E-state index in [2.05, 4.69) is 9.82 Å². The van der Waals surface area contributed by atoms with Crippen LogP contribution in [-0.4, -0.2) is 54.4 Å². The molecule has 0 spiro atoms. The number of piperidine rings is 1. The molecule has 3 heterocycles. The summed E-state index contributed by atoms with van der Waals surface area (Å²) < 4.78 is 27.3. The fourth-order valence-electron chi connectivity index (χ4n) is 3.56. The van der Waals surface area contributed by atoms with E-state index in [1.54, 1.807) is 4.90 Å². The molecule has 1 aromatic carbocycles. The van der Waals surface area contributed by atoms with Gasteiger partial charge in [-0.05, 0) is 38.0 Å². The Hall–Kier alpha value is -2.23. The molecule has 0 radical (unpaired) electrons. The maximum atomic E-state index is 13.0. The van der Waals surface area contributed by atoms with E-state index in [9.17, 15) is 13.2 Å². The molecule has 1 saturated heterocycles. The van der Waals surface area contributed by atoms with Crippen molar-refractivity contribution >= 4 is 37.5 Å². The van der Waals surface area contributed by atoms with Gasteiger partial charge in [-0.15, -0.1) is 11.3 Å². The molecule has 9 heteroatoms. The monoisotopic (exact) mass is 418 g/mol. The van der Waals surface area contributed by atoms with E-state index < -0.39 is 10.0 Å². The van der Waals surface area contributed by atoms with Crippen molar-refractivity contribution in [3.05, 3.63) is 47.0 Å². The zero-order valence-electron chi connectivity index (χ0n) is 15.8. The summed E-state index contributed by atoms with van der Waals surface area (Å²) in [4.78, 5) is 16.4. The van der Waals surface area contributed by atoms with Gasteiger partial charge in [-0.2, -0.15) is 5.10 Å². The van der Waals surface area contributed by atoms with Crippen LogP contribution in [0.1, 0.15) is 28.2 Å². The lowest BCUT2D eigenvalue weighted by Crippen LogP contribution is -2.46. The molecule has 1 aliphatic rings. The second-order valence-electron chi connectivity index (χ2n) is 7.12. The largest absolute Gasteiger partial charge is 0.338 e. The molecule has 28 heavy (non-hydrogen) atoms. The number of rotatable bonds is 4. The molecular formula is C19H22N4O3S2. The maximum Gasteiger partial charge on any atom is 0.264 e. The highest BCUT2D eigenvalue weighted by atomic mass is 32.2. The Bertz CT molecular complexity index is 1110. The van der Waals surface area contributed by atoms with Crippen LogP contribution in [-0.2, 0) is 10.0 Å². The van der Waals surface area contributed by atoms with E-state index in [1.165, 1.54) is 17.6 Å². The molecule has 0 saturated carbocycles. The molecule has 0 aliphatic carbocycles. The molecule has 1 amide bonds. The van der Waals surface area contributed by atoms with Gasteiger partial charge in [0.25, 0.3) is 5.91 Å². The van der Waals surface area contributed by atoms with Crippen LogP contribution >= 0.6 is 11.3 Å². The number of sulfonamides is 1. The fraction of sp³-hybridized carbons (Fsp3) is 0.368. The van der Waals surface area contributed by atoms with Gasteiger partial charge in [0.15, 0.2) is 0 Å². The first-order chi connectivity index (χ1) is 13.3. The van der Waals surface area contributed by atoms with Gasteiger partial charge >= 0.3 is 0 Å². The Morgan fingerprint density at radius 2 is 1.89 bits per heavy atom. The highest BCUT2D eigenvalue weighted by molar-refractivity contribution is 7.88. The van der Waals surface area contributed by atoms with E-state index >= 15 is 0 Å². The van der Waals surface area contributed by atoms with Gasteiger partial charge in [0, 0.05) is 24.5 Å². The predicted molar refractivity (Wildman–Crippen MR) is 111 cm³/mol. The normalized spacial score (nSPS) is 16.0. The van der Waals surface area contributed by atoms with Crippen molar-refractivity contribution < 1.29 is 13.2 Å². The number of thiophene rings is 1. The Labute approximate surface area is 168 Å². The Morgan fingerprint density at radius 1 is 1.21 bits per heavy atom. The SMILES string of the molecule is Cc1nn(-c2ccccc2)c2sc(C(=O)N3CCC(NS(C)(=O)=O)CC3)cc12. The summed E-state index contributed by atoms with van der Waals surface area (Å²) in [6.45, 7) is 3.04. The molecule has 1 aliphatic heterocycles. The standard InChI is InChI=1S/C19H22N4O3S2/c1-13-16-12-17(27-19(16)23(20-13)15-6-4-3-5-7-15)18(24)22-10-8-14(9-11-22)21-28(2,25)26/h3-7,12,14,21H,8-11H2,1-2H3. The summed E-state index contributed by atoms with van der Waals surface area (Å²) >= 11 is 1.45. The van der Waals surface area contributed by atoms with E-state index in [4.69, 9.17) is 0 Å². The Kier molecular flexibility index (Phi) is 4.98. The number of hydrogen-bond donors (Lipinski definition) is 1. The number of carbonyl (C=O) groups excluding carboxylic acids is 1.